The highest BCUT2D eigenvalue weighted by Crippen LogP contribution is 2.32. The molecule has 7 heteroatoms. The zero-order valence-corrected chi connectivity index (χ0v) is 15.4. The number of thiophene rings is 2. The summed E-state index contributed by atoms with van der Waals surface area (Å²) >= 11 is 3.13. The van der Waals surface area contributed by atoms with Crippen molar-refractivity contribution in [1.82, 2.24) is 15.8 Å². The van der Waals surface area contributed by atoms with Crippen LogP contribution < -0.4 is 10.9 Å². The molecule has 0 saturated heterocycles. The Balaban J connectivity index is 1.52. The largest absolute Gasteiger partial charge is 0.336 e. The lowest BCUT2D eigenvalue weighted by Gasteiger charge is -2.17. The Morgan fingerprint density at radius 3 is 2.96 bits per heavy atom. The first-order valence-corrected chi connectivity index (χ1v) is 9.73. The Labute approximate surface area is 149 Å². The molecule has 128 valence electrons. The summed E-state index contributed by atoms with van der Waals surface area (Å²) in [5, 5.41) is 3.97. The van der Waals surface area contributed by atoms with Crippen molar-refractivity contribution < 1.29 is 9.59 Å². The van der Waals surface area contributed by atoms with Crippen LogP contribution in [0.3, 0.4) is 0 Å². The second kappa shape index (κ2) is 7.36. The van der Waals surface area contributed by atoms with E-state index in [1.54, 1.807) is 18.4 Å². The Morgan fingerprint density at radius 2 is 2.21 bits per heavy atom. The number of hydrazine groups is 1. The van der Waals surface area contributed by atoms with Gasteiger partial charge in [-0.05, 0) is 59.2 Å². The van der Waals surface area contributed by atoms with Crippen molar-refractivity contribution in [1.29, 1.82) is 0 Å². The van der Waals surface area contributed by atoms with Crippen LogP contribution in [0.2, 0.25) is 0 Å². The van der Waals surface area contributed by atoms with Gasteiger partial charge in [0.25, 0.3) is 5.91 Å². The van der Waals surface area contributed by atoms with Gasteiger partial charge in [0, 0.05) is 18.5 Å². The fraction of sp³-hybridized carbons (Fsp3) is 0.412. The second-order valence-corrected chi connectivity index (χ2v) is 8.20. The highest BCUT2D eigenvalue weighted by molar-refractivity contribution is 7.14. The van der Waals surface area contributed by atoms with E-state index in [2.05, 4.69) is 17.8 Å². The van der Waals surface area contributed by atoms with Crippen molar-refractivity contribution >= 4 is 34.6 Å². The van der Waals surface area contributed by atoms with Crippen molar-refractivity contribution in [2.24, 2.45) is 5.92 Å². The third-order valence-corrected chi connectivity index (χ3v) is 6.15. The Hall–Kier alpha value is -1.86. The van der Waals surface area contributed by atoms with Crippen LogP contribution in [0.1, 0.15) is 39.0 Å². The van der Waals surface area contributed by atoms with Gasteiger partial charge < -0.3 is 4.90 Å². The van der Waals surface area contributed by atoms with E-state index < -0.39 is 0 Å². The molecule has 2 heterocycles. The molecule has 2 aromatic heterocycles. The van der Waals surface area contributed by atoms with Gasteiger partial charge in [-0.2, -0.15) is 11.3 Å². The highest BCUT2D eigenvalue weighted by Gasteiger charge is 2.21. The number of rotatable bonds is 3. The minimum atomic E-state index is -0.329. The van der Waals surface area contributed by atoms with Crippen molar-refractivity contribution in [3.05, 3.63) is 43.8 Å². The fourth-order valence-corrected chi connectivity index (χ4v) is 4.58. The third-order valence-electron chi connectivity index (χ3n) is 4.18. The molecule has 0 bridgehead atoms. The number of carbonyl (C=O) groups is 2. The maximum absolute atomic E-state index is 12.3. The van der Waals surface area contributed by atoms with E-state index in [-0.39, 0.29) is 11.9 Å². The molecule has 3 rings (SSSR count). The molecular weight excluding hydrogens is 342 g/mol. The topological polar surface area (TPSA) is 61.4 Å². The van der Waals surface area contributed by atoms with Gasteiger partial charge in [0.15, 0.2) is 0 Å². The molecule has 0 fully saturated rings. The Morgan fingerprint density at radius 1 is 1.38 bits per heavy atom. The number of aryl methyl sites for hydroxylation is 1. The van der Waals surface area contributed by atoms with Gasteiger partial charge in [0.2, 0.25) is 0 Å². The second-order valence-electron chi connectivity index (χ2n) is 6.28. The summed E-state index contributed by atoms with van der Waals surface area (Å²) in [6.07, 6.45) is 3.26. The van der Waals surface area contributed by atoms with Crippen LogP contribution in [-0.2, 0) is 19.4 Å². The van der Waals surface area contributed by atoms with E-state index in [0.29, 0.717) is 17.3 Å². The van der Waals surface area contributed by atoms with Crippen molar-refractivity contribution in [3.8, 4) is 0 Å². The molecule has 0 spiro atoms. The first-order valence-electron chi connectivity index (χ1n) is 7.97. The van der Waals surface area contributed by atoms with Crippen LogP contribution in [0.4, 0.5) is 4.79 Å². The normalized spacial score (nSPS) is 16.3. The van der Waals surface area contributed by atoms with E-state index in [9.17, 15) is 9.59 Å². The monoisotopic (exact) mass is 363 g/mol. The van der Waals surface area contributed by atoms with Crippen LogP contribution >= 0.6 is 22.7 Å². The molecule has 3 amide bonds. The standard InChI is InChI=1S/C17H21N3O2S2/c1-11-3-4-14-13(7-11)8-15(24-14)16(21)18-19-17(22)20(2)9-12-5-6-23-10-12/h5-6,8,10-11H,3-4,7,9H2,1-2H3,(H,18,21)(H,19,22)/t11-/m0/s1. The molecule has 1 aliphatic rings. The van der Waals surface area contributed by atoms with Crippen LogP contribution in [0, 0.1) is 5.92 Å². The fourth-order valence-electron chi connectivity index (χ4n) is 2.81. The predicted octanol–water partition coefficient (Wildman–Crippen LogP) is 3.42. The van der Waals surface area contributed by atoms with Gasteiger partial charge in [-0.1, -0.05) is 6.92 Å². The summed E-state index contributed by atoms with van der Waals surface area (Å²) in [6, 6.07) is 3.61. The number of hydrogen-bond donors (Lipinski definition) is 2. The summed E-state index contributed by atoms with van der Waals surface area (Å²) in [5.41, 5.74) is 7.35. The number of urea groups is 1. The summed E-state index contributed by atoms with van der Waals surface area (Å²) in [5.74, 6) is 0.424. The van der Waals surface area contributed by atoms with Gasteiger partial charge >= 0.3 is 6.03 Å². The molecule has 5 nitrogen and oxygen atoms in total. The van der Waals surface area contributed by atoms with Crippen molar-refractivity contribution in [2.75, 3.05) is 7.05 Å². The molecule has 0 aromatic carbocycles. The quantitative estimate of drug-likeness (QED) is 0.821. The van der Waals surface area contributed by atoms with Gasteiger partial charge in [-0.3, -0.25) is 10.2 Å². The van der Waals surface area contributed by atoms with E-state index >= 15 is 0 Å². The zero-order chi connectivity index (χ0) is 17.1. The summed E-state index contributed by atoms with van der Waals surface area (Å²) in [6.45, 7) is 2.75. The van der Waals surface area contributed by atoms with E-state index in [0.717, 1.165) is 18.4 Å². The van der Waals surface area contributed by atoms with Crippen LogP contribution in [0.25, 0.3) is 0 Å². The number of carbonyl (C=O) groups excluding carboxylic acids is 2. The maximum atomic E-state index is 12.3. The first kappa shape index (κ1) is 17.0. The molecule has 2 N–H and O–H groups in total. The SMILES string of the molecule is C[C@H]1CCc2sc(C(=O)NNC(=O)N(C)Cc3ccsc3)cc2C1. The van der Waals surface area contributed by atoms with E-state index in [1.807, 2.05) is 22.9 Å². The van der Waals surface area contributed by atoms with E-state index in [4.69, 9.17) is 0 Å². The minimum absolute atomic E-state index is 0.251. The van der Waals surface area contributed by atoms with Gasteiger partial charge in [0.1, 0.15) is 0 Å². The lowest BCUT2D eigenvalue weighted by atomic mass is 9.90. The number of amides is 3. The number of fused-ring (bicyclic) bond motifs is 1. The van der Waals surface area contributed by atoms with Gasteiger partial charge in [0.05, 0.1) is 4.88 Å². The lowest BCUT2D eigenvalue weighted by Crippen LogP contribution is -2.47. The molecular formula is C17H21N3O2S2. The van der Waals surface area contributed by atoms with Crippen molar-refractivity contribution in [3.63, 3.8) is 0 Å². The molecule has 0 unspecified atom stereocenters. The first-order chi connectivity index (χ1) is 11.5. The van der Waals surface area contributed by atoms with E-state index in [1.165, 1.54) is 33.1 Å². The average molecular weight is 364 g/mol. The minimum Gasteiger partial charge on any atom is -0.322 e. The summed E-state index contributed by atoms with van der Waals surface area (Å²) in [7, 11) is 1.70. The number of nitrogens with one attached hydrogen (secondary N) is 2. The van der Waals surface area contributed by atoms with Crippen LogP contribution in [-0.4, -0.2) is 23.9 Å². The Bertz CT molecular complexity index is 724. The zero-order valence-electron chi connectivity index (χ0n) is 13.8. The molecule has 0 saturated carbocycles. The third kappa shape index (κ3) is 3.96. The maximum Gasteiger partial charge on any atom is 0.336 e. The summed E-state index contributed by atoms with van der Waals surface area (Å²) < 4.78 is 0. The van der Waals surface area contributed by atoms with Gasteiger partial charge in [-0.25, -0.2) is 10.2 Å². The average Bonchev–Trinajstić information content (AvgIpc) is 3.20. The lowest BCUT2D eigenvalue weighted by molar-refractivity contribution is 0.0935. The number of nitrogens with zero attached hydrogens (tertiary/aromatic N) is 1. The van der Waals surface area contributed by atoms with Crippen LogP contribution in [0.15, 0.2) is 22.9 Å². The predicted molar refractivity (Wildman–Crippen MR) is 97.3 cm³/mol. The molecule has 24 heavy (non-hydrogen) atoms. The van der Waals surface area contributed by atoms with Crippen LogP contribution in [0.5, 0.6) is 0 Å². The smallest absolute Gasteiger partial charge is 0.322 e. The molecule has 0 aliphatic heterocycles. The molecule has 1 aliphatic carbocycles. The number of hydrogen-bond acceptors (Lipinski definition) is 4. The van der Waals surface area contributed by atoms with Gasteiger partial charge in [-0.15, -0.1) is 11.3 Å². The molecule has 1 atom stereocenters. The molecule has 0 radical (unpaired) electrons. The highest BCUT2D eigenvalue weighted by atomic mass is 32.1. The summed E-state index contributed by atoms with van der Waals surface area (Å²) in [4.78, 5) is 27.8. The molecule has 2 aromatic rings. The Kier molecular flexibility index (Phi) is 5.20. The van der Waals surface area contributed by atoms with Crippen molar-refractivity contribution in [2.45, 2.75) is 32.7 Å².